The first-order chi connectivity index (χ1) is 19.4. The number of benzene rings is 6. The van der Waals surface area contributed by atoms with E-state index in [0.29, 0.717) is 0 Å². The number of para-hydroxylation sites is 4. The zero-order chi connectivity index (χ0) is 25.5. The van der Waals surface area contributed by atoms with Gasteiger partial charge in [-0.15, -0.1) is 11.3 Å². The molecular weight excluding hydrogens is 492 g/mol. The number of aromatic nitrogens is 2. The van der Waals surface area contributed by atoms with Gasteiger partial charge in [-0.2, -0.15) is 0 Å². The Morgan fingerprint density at radius 1 is 0.359 bits per heavy atom. The van der Waals surface area contributed by atoms with E-state index in [2.05, 4.69) is 143 Å². The average Bonchev–Trinajstić information content (AvgIpc) is 3.65. The predicted octanol–water partition coefficient (Wildman–Crippen LogP) is 10.2. The van der Waals surface area contributed by atoms with Gasteiger partial charge in [-0.1, -0.05) is 91.0 Å². The molecule has 0 fully saturated rings. The highest BCUT2D eigenvalue weighted by atomic mass is 32.1. The van der Waals surface area contributed by atoms with Crippen molar-refractivity contribution in [1.82, 2.24) is 9.13 Å². The van der Waals surface area contributed by atoms with Crippen molar-refractivity contribution < 1.29 is 0 Å². The maximum Gasteiger partial charge on any atom is 0.0796 e. The van der Waals surface area contributed by atoms with Crippen LogP contribution in [0.2, 0.25) is 0 Å². The van der Waals surface area contributed by atoms with Crippen LogP contribution in [0.5, 0.6) is 0 Å². The third-order valence-electron chi connectivity index (χ3n) is 8.12. The molecule has 0 aliphatic carbocycles. The minimum Gasteiger partial charge on any atom is -0.307 e. The summed E-state index contributed by atoms with van der Waals surface area (Å²) in [5.74, 6) is 0. The number of thiophene rings is 1. The fraction of sp³-hybridized carbons (Fsp3) is 0. The Labute approximate surface area is 228 Å². The molecule has 39 heavy (non-hydrogen) atoms. The molecule has 3 heterocycles. The minimum absolute atomic E-state index is 1.19. The van der Waals surface area contributed by atoms with Crippen molar-refractivity contribution in [3.05, 3.63) is 133 Å². The van der Waals surface area contributed by atoms with Gasteiger partial charge in [0.25, 0.3) is 0 Å². The first-order valence-electron chi connectivity index (χ1n) is 13.3. The lowest BCUT2D eigenvalue weighted by molar-refractivity contribution is 1.11. The number of hydrogen-bond donors (Lipinski definition) is 0. The molecule has 2 nitrogen and oxygen atoms in total. The molecule has 0 saturated heterocycles. The van der Waals surface area contributed by atoms with Crippen molar-refractivity contribution in [2.24, 2.45) is 0 Å². The van der Waals surface area contributed by atoms with Crippen LogP contribution in [0.15, 0.2) is 133 Å². The van der Waals surface area contributed by atoms with Crippen molar-refractivity contribution in [2.75, 3.05) is 0 Å². The molecule has 0 bridgehead atoms. The first-order valence-corrected chi connectivity index (χ1v) is 14.1. The number of hydrogen-bond acceptors (Lipinski definition) is 1. The summed E-state index contributed by atoms with van der Waals surface area (Å²) in [6.45, 7) is 0. The Balaban J connectivity index is 1.57. The molecule has 0 aliphatic heterocycles. The minimum atomic E-state index is 1.19. The van der Waals surface area contributed by atoms with Gasteiger partial charge < -0.3 is 9.13 Å². The molecule has 182 valence electrons. The second-order valence-corrected chi connectivity index (χ2v) is 11.2. The summed E-state index contributed by atoms with van der Waals surface area (Å²) in [7, 11) is 0. The van der Waals surface area contributed by atoms with Crippen molar-refractivity contribution in [2.45, 2.75) is 0 Å². The highest BCUT2D eigenvalue weighted by Crippen LogP contribution is 2.45. The average molecular weight is 515 g/mol. The molecule has 6 aromatic carbocycles. The van der Waals surface area contributed by atoms with Crippen molar-refractivity contribution >= 4 is 75.1 Å². The number of nitrogens with zero attached hydrogens (tertiary/aromatic N) is 2. The zero-order valence-corrected chi connectivity index (χ0v) is 21.8. The lowest BCUT2D eigenvalue weighted by Gasteiger charge is -2.18. The van der Waals surface area contributed by atoms with E-state index in [9.17, 15) is 0 Å². The molecular formula is C36H22N2S. The first kappa shape index (κ1) is 21.1. The van der Waals surface area contributed by atoms with E-state index in [1.807, 2.05) is 11.3 Å². The molecule has 0 saturated carbocycles. The molecule has 9 aromatic rings. The maximum atomic E-state index is 2.50. The highest BCUT2D eigenvalue weighted by Gasteiger charge is 2.22. The summed E-state index contributed by atoms with van der Waals surface area (Å²) in [4.78, 5) is 0. The standard InChI is InChI=1S/C36H22N2S/c1-6-16-28-23(11-1)24-12-2-7-17-29(24)37(28)32-21-22-34-35(27-15-5-10-20-33(27)39-34)36(32)38-30-18-8-3-13-25(30)26-14-4-9-19-31(26)38/h1-22H. The molecule has 3 aromatic heterocycles. The normalized spacial score (nSPS) is 12.1. The quantitative estimate of drug-likeness (QED) is 0.217. The Hall–Kier alpha value is -4.86. The molecule has 3 heteroatoms. The predicted molar refractivity (Wildman–Crippen MR) is 168 cm³/mol. The molecule has 0 aliphatic rings. The summed E-state index contributed by atoms with van der Waals surface area (Å²) < 4.78 is 7.59. The van der Waals surface area contributed by atoms with E-state index in [-0.39, 0.29) is 0 Å². The molecule has 0 N–H and O–H groups in total. The molecule has 0 unspecified atom stereocenters. The van der Waals surface area contributed by atoms with E-state index in [0.717, 1.165) is 0 Å². The van der Waals surface area contributed by atoms with Crippen molar-refractivity contribution in [1.29, 1.82) is 0 Å². The summed E-state index contributed by atoms with van der Waals surface area (Å²) in [5, 5.41) is 7.71. The summed E-state index contributed by atoms with van der Waals surface area (Å²) >= 11 is 1.87. The van der Waals surface area contributed by atoms with Crippen LogP contribution in [0.4, 0.5) is 0 Å². The third-order valence-corrected chi connectivity index (χ3v) is 9.26. The van der Waals surface area contributed by atoms with Gasteiger partial charge in [-0.3, -0.25) is 0 Å². The molecule has 0 spiro atoms. The van der Waals surface area contributed by atoms with Gasteiger partial charge >= 0.3 is 0 Å². The Morgan fingerprint density at radius 3 is 1.33 bits per heavy atom. The van der Waals surface area contributed by atoms with Crippen LogP contribution in [0.25, 0.3) is 75.2 Å². The van der Waals surface area contributed by atoms with E-state index >= 15 is 0 Å². The van der Waals surface area contributed by atoms with E-state index < -0.39 is 0 Å². The summed E-state index contributed by atoms with van der Waals surface area (Å²) in [5.41, 5.74) is 7.31. The smallest absolute Gasteiger partial charge is 0.0796 e. The van der Waals surface area contributed by atoms with Crippen LogP contribution in [0.3, 0.4) is 0 Å². The van der Waals surface area contributed by atoms with Gasteiger partial charge in [0.05, 0.1) is 33.4 Å². The summed E-state index contributed by atoms with van der Waals surface area (Å²) in [6.07, 6.45) is 0. The van der Waals surface area contributed by atoms with Gasteiger partial charge in [0.2, 0.25) is 0 Å². The van der Waals surface area contributed by atoms with Crippen LogP contribution >= 0.6 is 11.3 Å². The second-order valence-electron chi connectivity index (χ2n) is 10.1. The van der Waals surface area contributed by atoms with E-state index in [1.54, 1.807) is 0 Å². The fourth-order valence-corrected chi connectivity index (χ4v) is 7.65. The van der Waals surface area contributed by atoms with Crippen LogP contribution < -0.4 is 0 Å². The van der Waals surface area contributed by atoms with Crippen molar-refractivity contribution in [3.63, 3.8) is 0 Å². The Bertz CT molecular complexity index is 2290. The fourth-order valence-electron chi connectivity index (χ4n) is 6.54. The number of rotatable bonds is 2. The van der Waals surface area contributed by atoms with Gasteiger partial charge in [-0.25, -0.2) is 0 Å². The lowest BCUT2D eigenvalue weighted by Crippen LogP contribution is -2.04. The topological polar surface area (TPSA) is 9.86 Å². The van der Waals surface area contributed by atoms with E-state index in [1.165, 1.54) is 75.2 Å². The lowest BCUT2D eigenvalue weighted by atomic mass is 10.1. The zero-order valence-electron chi connectivity index (χ0n) is 21.0. The van der Waals surface area contributed by atoms with Gasteiger partial charge in [0, 0.05) is 41.7 Å². The highest BCUT2D eigenvalue weighted by molar-refractivity contribution is 7.25. The van der Waals surface area contributed by atoms with Gasteiger partial charge in [0.1, 0.15) is 0 Å². The molecule has 0 atom stereocenters. The molecule has 0 radical (unpaired) electrons. The monoisotopic (exact) mass is 514 g/mol. The molecule has 0 amide bonds. The van der Waals surface area contributed by atoms with Gasteiger partial charge in [-0.05, 0) is 42.5 Å². The van der Waals surface area contributed by atoms with Gasteiger partial charge in [0.15, 0.2) is 0 Å². The van der Waals surface area contributed by atoms with Crippen molar-refractivity contribution in [3.8, 4) is 11.4 Å². The van der Waals surface area contributed by atoms with Crippen LogP contribution in [-0.2, 0) is 0 Å². The SMILES string of the molecule is c1ccc2c(c1)sc1ccc(-n3c4ccccc4c4ccccc43)c(-n3c4ccccc4c4ccccc43)c12. The van der Waals surface area contributed by atoms with E-state index in [4.69, 9.17) is 0 Å². The van der Waals surface area contributed by atoms with Crippen LogP contribution in [0.1, 0.15) is 0 Å². The molecule has 9 rings (SSSR count). The van der Waals surface area contributed by atoms with Crippen LogP contribution in [0, 0.1) is 0 Å². The number of fused-ring (bicyclic) bond motifs is 9. The maximum absolute atomic E-state index is 2.50. The third kappa shape index (κ3) is 2.80. The Morgan fingerprint density at radius 2 is 0.795 bits per heavy atom. The largest absolute Gasteiger partial charge is 0.307 e. The van der Waals surface area contributed by atoms with Crippen LogP contribution in [-0.4, -0.2) is 9.13 Å². The second kappa shape index (κ2) is 7.83. The Kier molecular flexibility index (Phi) is 4.24. The summed E-state index contributed by atoms with van der Waals surface area (Å²) in [6, 6.07) is 48.7.